The van der Waals surface area contributed by atoms with E-state index in [1.54, 1.807) is 0 Å². The van der Waals surface area contributed by atoms with E-state index >= 15 is 0 Å². The zero-order chi connectivity index (χ0) is 11.7. The van der Waals surface area contributed by atoms with Crippen LogP contribution in [-0.2, 0) is 0 Å². The Kier molecular flexibility index (Phi) is 9.30. The fourth-order valence-electron chi connectivity index (χ4n) is 1.36. The van der Waals surface area contributed by atoms with Gasteiger partial charge in [-0.05, 0) is 31.3 Å². The van der Waals surface area contributed by atoms with Gasteiger partial charge in [0.1, 0.15) is 0 Å². The Morgan fingerprint density at radius 2 is 2.13 bits per heavy atom. The lowest BCUT2D eigenvalue weighted by Crippen LogP contribution is -2.44. The number of rotatable bonds is 7. The van der Waals surface area contributed by atoms with Crippen LogP contribution >= 0.6 is 24.0 Å². The molecule has 2 nitrogen and oxygen atoms in total. The average Bonchev–Trinajstić information content (AvgIpc) is 2.25. The molecule has 1 N–H and O–H groups in total. The zero-order valence-electron chi connectivity index (χ0n) is 10.4. The first-order valence-electron chi connectivity index (χ1n) is 5.66. The molecule has 0 aromatic heterocycles. The molecule has 0 aliphatic heterocycles. The topological polar surface area (TPSA) is 15.3 Å². The van der Waals surface area contributed by atoms with Gasteiger partial charge in [0.05, 0.1) is 0 Å². The summed E-state index contributed by atoms with van der Waals surface area (Å²) in [6, 6.07) is 0.557. The predicted octanol–water partition coefficient (Wildman–Crippen LogP) is 2.73. The van der Waals surface area contributed by atoms with E-state index in [0.29, 0.717) is 6.04 Å². The van der Waals surface area contributed by atoms with E-state index in [4.69, 9.17) is 12.2 Å². The summed E-state index contributed by atoms with van der Waals surface area (Å²) in [5.74, 6) is 1.14. The maximum atomic E-state index is 5.35. The van der Waals surface area contributed by atoms with Gasteiger partial charge in [-0.25, -0.2) is 0 Å². The van der Waals surface area contributed by atoms with Crippen LogP contribution in [0, 0.1) is 0 Å². The van der Waals surface area contributed by atoms with Gasteiger partial charge in [-0.3, -0.25) is 0 Å². The van der Waals surface area contributed by atoms with Crippen LogP contribution in [-0.4, -0.2) is 41.7 Å². The molecular formula is C11H24N2S2. The summed E-state index contributed by atoms with van der Waals surface area (Å²) in [6.45, 7) is 5.40. The van der Waals surface area contributed by atoms with Gasteiger partial charge in [-0.2, -0.15) is 11.8 Å². The van der Waals surface area contributed by atoms with Gasteiger partial charge in [0, 0.05) is 25.4 Å². The van der Waals surface area contributed by atoms with Gasteiger partial charge in [0.2, 0.25) is 0 Å². The van der Waals surface area contributed by atoms with E-state index in [1.807, 2.05) is 11.8 Å². The molecule has 0 radical (unpaired) electrons. The molecule has 0 bridgehead atoms. The third-order valence-corrected chi connectivity index (χ3v) is 3.66. The smallest absolute Gasteiger partial charge is 0.168 e. The fourth-order valence-corrected chi connectivity index (χ4v) is 2.45. The Labute approximate surface area is 104 Å². The van der Waals surface area contributed by atoms with Crippen LogP contribution in [0.3, 0.4) is 0 Å². The normalized spacial score (nSPS) is 12.3. The summed E-state index contributed by atoms with van der Waals surface area (Å²) in [5, 5.41) is 4.20. The van der Waals surface area contributed by atoms with Gasteiger partial charge >= 0.3 is 0 Å². The maximum absolute atomic E-state index is 5.35. The van der Waals surface area contributed by atoms with Crippen molar-refractivity contribution in [3.8, 4) is 0 Å². The molecule has 0 aromatic rings. The third-order valence-electron chi connectivity index (χ3n) is 2.50. The number of unbranched alkanes of at least 4 members (excludes halogenated alkanes) is 1. The number of nitrogens with zero attached hydrogens (tertiary/aromatic N) is 1. The fraction of sp³-hybridized carbons (Fsp3) is 0.909. The summed E-state index contributed by atoms with van der Waals surface area (Å²) in [5.41, 5.74) is 0. The SMILES string of the molecule is CCCCNC(=S)N(C)C(CC)CSC. The van der Waals surface area contributed by atoms with Gasteiger partial charge in [-0.1, -0.05) is 20.3 Å². The van der Waals surface area contributed by atoms with Gasteiger partial charge in [0.15, 0.2) is 5.11 Å². The van der Waals surface area contributed by atoms with Crippen molar-refractivity contribution in [2.75, 3.05) is 25.6 Å². The molecule has 1 atom stereocenters. The molecule has 90 valence electrons. The third kappa shape index (κ3) is 6.25. The highest BCUT2D eigenvalue weighted by Gasteiger charge is 2.14. The maximum Gasteiger partial charge on any atom is 0.168 e. The molecule has 1 unspecified atom stereocenters. The Balaban J connectivity index is 3.92. The van der Waals surface area contributed by atoms with Crippen molar-refractivity contribution in [2.45, 2.75) is 39.2 Å². The molecule has 0 aliphatic carbocycles. The van der Waals surface area contributed by atoms with Crippen molar-refractivity contribution in [1.29, 1.82) is 0 Å². The van der Waals surface area contributed by atoms with E-state index in [9.17, 15) is 0 Å². The molecule has 4 heteroatoms. The van der Waals surface area contributed by atoms with Crippen LogP contribution in [0.1, 0.15) is 33.1 Å². The van der Waals surface area contributed by atoms with E-state index in [1.165, 1.54) is 12.8 Å². The van der Waals surface area contributed by atoms with Crippen LogP contribution in [0.4, 0.5) is 0 Å². The minimum absolute atomic E-state index is 0.557. The van der Waals surface area contributed by atoms with E-state index in [-0.39, 0.29) is 0 Å². The van der Waals surface area contributed by atoms with Crippen molar-refractivity contribution in [3.05, 3.63) is 0 Å². The standard InChI is InChI=1S/C11H24N2S2/c1-5-7-8-12-11(14)13(3)10(6-2)9-15-4/h10H,5-9H2,1-4H3,(H,12,14). The van der Waals surface area contributed by atoms with Crippen LogP contribution in [0.2, 0.25) is 0 Å². The lowest BCUT2D eigenvalue weighted by atomic mass is 10.2. The molecule has 0 saturated heterocycles. The molecule has 0 aliphatic rings. The van der Waals surface area contributed by atoms with Crippen molar-refractivity contribution < 1.29 is 0 Å². The molecule has 15 heavy (non-hydrogen) atoms. The molecule has 0 aromatic carbocycles. The summed E-state index contributed by atoms with van der Waals surface area (Å²) in [6.07, 6.45) is 5.69. The van der Waals surface area contributed by atoms with Crippen LogP contribution in [0.25, 0.3) is 0 Å². The van der Waals surface area contributed by atoms with E-state index in [0.717, 1.165) is 23.8 Å². The summed E-state index contributed by atoms with van der Waals surface area (Å²) < 4.78 is 0. The molecule has 0 heterocycles. The van der Waals surface area contributed by atoms with Crippen molar-refractivity contribution in [3.63, 3.8) is 0 Å². The minimum atomic E-state index is 0.557. The number of thiocarbonyl (C=S) groups is 1. The Morgan fingerprint density at radius 3 is 2.60 bits per heavy atom. The quantitative estimate of drug-likeness (QED) is 0.550. The van der Waals surface area contributed by atoms with Crippen LogP contribution < -0.4 is 5.32 Å². The molecule has 0 spiro atoms. The van der Waals surface area contributed by atoms with Crippen molar-refractivity contribution in [2.24, 2.45) is 0 Å². The first kappa shape index (κ1) is 15.0. The summed E-state index contributed by atoms with van der Waals surface area (Å²) in [7, 11) is 2.09. The molecule has 0 rings (SSSR count). The van der Waals surface area contributed by atoms with Crippen LogP contribution in [0.15, 0.2) is 0 Å². The van der Waals surface area contributed by atoms with Gasteiger partial charge < -0.3 is 10.2 Å². The predicted molar refractivity (Wildman–Crippen MR) is 75.7 cm³/mol. The molecule has 0 saturated carbocycles. The average molecular weight is 248 g/mol. The van der Waals surface area contributed by atoms with Crippen molar-refractivity contribution >= 4 is 29.1 Å². The number of thioether (sulfide) groups is 1. The molecule has 0 fully saturated rings. The largest absolute Gasteiger partial charge is 0.363 e. The second-order valence-corrected chi connectivity index (χ2v) is 5.01. The number of hydrogen-bond acceptors (Lipinski definition) is 2. The molecule has 0 amide bonds. The highest BCUT2D eigenvalue weighted by atomic mass is 32.2. The minimum Gasteiger partial charge on any atom is -0.363 e. The summed E-state index contributed by atoms with van der Waals surface area (Å²) in [4.78, 5) is 2.20. The van der Waals surface area contributed by atoms with E-state index in [2.05, 4.69) is 37.4 Å². The monoisotopic (exact) mass is 248 g/mol. The Morgan fingerprint density at radius 1 is 1.47 bits per heavy atom. The first-order chi connectivity index (χ1) is 7.17. The first-order valence-corrected chi connectivity index (χ1v) is 7.47. The zero-order valence-corrected chi connectivity index (χ0v) is 12.0. The van der Waals surface area contributed by atoms with Crippen molar-refractivity contribution in [1.82, 2.24) is 10.2 Å². The number of nitrogens with one attached hydrogen (secondary N) is 1. The highest BCUT2D eigenvalue weighted by Crippen LogP contribution is 2.08. The lowest BCUT2D eigenvalue weighted by molar-refractivity contribution is 0.380. The second kappa shape index (κ2) is 9.28. The Bertz CT molecular complexity index is 174. The van der Waals surface area contributed by atoms with Gasteiger partial charge in [0.25, 0.3) is 0 Å². The highest BCUT2D eigenvalue weighted by molar-refractivity contribution is 7.98. The summed E-state index contributed by atoms with van der Waals surface area (Å²) >= 11 is 7.23. The second-order valence-electron chi connectivity index (χ2n) is 3.71. The lowest BCUT2D eigenvalue weighted by Gasteiger charge is -2.29. The van der Waals surface area contributed by atoms with Crippen LogP contribution in [0.5, 0.6) is 0 Å². The van der Waals surface area contributed by atoms with E-state index < -0.39 is 0 Å². The Hall–Kier alpha value is 0.0400. The number of hydrogen-bond donors (Lipinski definition) is 1. The van der Waals surface area contributed by atoms with Gasteiger partial charge in [-0.15, -0.1) is 0 Å². The molecular weight excluding hydrogens is 224 g/mol.